The molecule has 0 spiro atoms. The Labute approximate surface area is 97.2 Å². The molecule has 0 fully saturated rings. The molecule has 15 heavy (non-hydrogen) atoms. The summed E-state index contributed by atoms with van der Waals surface area (Å²) in [5, 5.41) is 3.23. The van der Waals surface area contributed by atoms with Gasteiger partial charge in [0, 0.05) is 16.3 Å². The molecule has 0 aliphatic heterocycles. The van der Waals surface area contributed by atoms with E-state index in [0.717, 1.165) is 13.0 Å². The van der Waals surface area contributed by atoms with Gasteiger partial charge >= 0.3 is 0 Å². The molecular formula is C13H21NS. The normalized spacial score (nSPS) is 12.5. The van der Waals surface area contributed by atoms with E-state index in [4.69, 9.17) is 0 Å². The Morgan fingerprint density at radius 1 is 1.47 bits per heavy atom. The molecule has 2 heteroatoms. The van der Waals surface area contributed by atoms with Gasteiger partial charge in [-0.2, -0.15) is 0 Å². The van der Waals surface area contributed by atoms with Crippen LogP contribution in [0.5, 0.6) is 0 Å². The predicted molar refractivity (Wildman–Crippen MR) is 70.4 cm³/mol. The minimum absolute atomic E-state index is 0.615. The van der Waals surface area contributed by atoms with Crippen LogP contribution in [0.4, 0.5) is 0 Å². The summed E-state index contributed by atoms with van der Waals surface area (Å²) < 4.78 is 0. The lowest BCUT2D eigenvalue weighted by molar-refractivity contribution is 0.713. The highest BCUT2D eigenvalue weighted by molar-refractivity contribution is 7.12. The van der Waals surface area contributed by atoms with Gasteiger partial charge < -0.3 is 5.32 Å². The lowest BCUT2D eigenvalue weighted by atomic mass is 10.0. The fourth-order valence-electron chi connectivity index (χ4n) is 1.47. The standard InChI is InChI=1S/C13H21NS/c1-5-12-6-7-13(15-12)8-11(9-14-4)10(2)3/h6-8,10,14H,5,9H2,1-4H3. The Hall–Kier alpha value is -0.600. The number of nitrogens with one attached hydrogen (secondary N) is 1. The highest BCUT2D eigenvalue weighted by Gasteiger charge is 2.03. The molecule has 0 bridgehead atoms. The summed E-state index contributed by atoms with van der Waals surface area (Å²) in [6.07, 6.45) is 3.46. The molecule has 1 aromatic heterocycles. The van der Waals surface area contributed by atoms with Gasteiger partial charge in [0.05, 0.1) is 0 Å². The van der Waals surface area contributed by atoms with E-state index < -0.39 is 0 Å². The molecule has 1 nitrogen and oxygen atoms in total. The number of likely N-dealkylation sites (N-methyl/N-ethyl adjacent to an activating group) is 1. The average molecular weight is 223 g/mol. The van der Waals surface area contributed by atoms with Crippen LogP contribution in [0.3, 0.4) is 0 Å². The third kappa shape index (κ3) is 3.80. The number of hydrogen-bond acceptors (Lipinski definition) is 2. The zero-order valence-corrected chi connectivity index (χ0v) is 10.9. The predicted octanol–water partition coefficient (Wildman–Crippen LogP) is 3.57. The summed E-state index contributed by atoms with van der Waals surface area (Å²) in [6, 6.07) is 4.45. The number of rotatable bonds is 5. The summed E-state index contributed by atoms with van der Waals surface area (Å²) in [6.45, 7) is 7.68. The summed E-state index contributed by atoms with van der Waals surface area (Å²) >= 11 is 1.90. The molecule has 1 rings (SSSR count). The van der Waals surface area contributed by atoms with E-state index in [1.54, 1.807) is 0 Å². The lowest BCUT2D eigenvalue weighted by Gasteiger charge is -2.09. The van der Waals surface area contributed by atoms with Crippen LogP contribution in [0.25, 0.3) is 6.08 Å². The Balaban J connectivity index is 2.81. The fraction of sp³-hybridized carbons (Fsp3) is 0.538. The summed E-state index contributed by atoms with van der Waals surface area (Å²) in [7, 11) is 2.00. The maximum atomic E-state index is 3.23. The van der Waals surface area contributed by atoms with E-state index in [9.17, 15) is 0 Å². The van der Waals surface area contributed by atoms with Crippen molar-refractivity contribution >= 4 is 17.4 Å². The van der Waals surface area contributed by atoms with Crippen molar-refractivity contribution in [2.24, 2.45) is 5.92 Å². The van der Waals surface area contributed by atoms with E-state index in [1.165, 1.54) is 15.3 Å². The van der Waals surface area contributed by atoms with Crippen LogP contribution in [-0.4, -0.2) is 13.6 Å². The van der Waals surface area contributed by atoms with Crippen molar-refractivity contribution in [1.29, 1.82) is 0 Å². The molecule has 1 heterocycles. The van der Waals surface area contributed by atoms with Crippen molar-refractivity contribution in [2.45, 2.75) is 27.2 Å². The van der Waals surface area contributed by atoms with Crippen LogP contribution in [0.15, 0.2) is 17.7 Å². The van der Waals surface area contributed by atoms with Crippen LogP contribution in [0.2, 0.25) is 0 Å². The number of hydrogen-bond donors (Lipinski definition) is 1. The van der Waals surface area contributed by atoms with Gasteiger partial charge in [0.25, 0.3) is 0 Å². The van der Waals surface area contributed by atoms with Crippen LogP contribution in [0, 0.1) is 5.92 Å². The Morgan fingerprint density at radius 2 is 2.20 bits per heavy atom. The minimum atomic E-state index is 0.615. The van der Waals surface area contributed by atoms with Gasteiger partial charge in [-0.05, 0) is 37.6 Å². The van der Waals surface area contributed by atoms with E-state index in [2.05, 4.69) is 44.3 Å². The van der Waals surface area contributed by atoms with Gasteiger partial charge in [-0.25, -0.2) is 0 Å². The summed E-state index contributed by atoms with van der Waals surface area (Å²) in [4.78, 5) is 2.85. The molecule has 1 aromatic rings. The molecule has 0 aliphatic carbocycles. The molecule has 0 aliphatic rings. The van der Waals surface area contributed by atoms with E-state index in [-0.39, 0.29) is 0 Å². The number of thiophene rings is 1. The Morgan fingerprint density at radius 3 is 2.67 bits per heavy atom. The lowest BCUT2D eigenvalue weighted by Crippen LogP contribution is -2.13. The topological polar surface area (TPSA) is 12.0 Å². The van der Waals surface area contributed by atoms with Gasteiger partial charge in [0.15, 0.2) is 0 Å². The highest BCUT2D eigenvalue weighted by atomic mass is 32.1. The first-order chi connectivity index (χ1) is 7.17. The Bertz CT molecular complexity index is 323. The minimum Gasteiger partial charge on any atom is -0.316 e. The molecule has 0 saturated heterocycles. The summed E-state index contributed by atoms with van der Waals surface area (Å²) in [5.74, 6) is 0.615. The van der Waals surface area contributed by atoms with Crippen molar-refractivity contribution in [3.05, 3.63) is 27.5 Å². The maximum Gasteiger partial charge on any atom is 0.0273 e. The van der Waals surface area contributed by atoms with Gasteiger partial charge in [-0.3, -0.25) is 0 Å². The first-order valence-corrected chi connectivity index (χ1v) is 6.42. The Kier molecular flexibility index (Phi) is 5.06. The molecule has 0 atom stereocenters. The number of aryl methyl sites for hydroxylation is 1. The van der Waals surface area contributed by atoms with Gasteiger partial charge in [0.2, 0.25) is 0 Å². The molecule has 84 valence electrons. The molecule has 0 unspecified atom stereocenters. The third-order valence-corrected chi connectivity index (χ3v) is 3.66. The second kappa shape index (κ2) is 6.09. The first kappa shape index (κ1) is 12.5. The monoisotopic (exact) mass is 223 g/mol. The second-order valence-electron chi connectivity index (χ2n) is 4.06. The van der Waals surface area contributed by atoms with Gasteiger partial charge in [0.1, 0.15) is 0 Å². The highest BCUT2D eigenvalue weighted by Crippen LogP contribution is 2.21. The first-order valence-electron chi connectivity index (χ1n) is 5.61. The van der Waals surface area contributed by atoms with Gasteiger partial charge in [-0.1, -0.05) is 26.3 Å². The molecule has 0 amide bonds. The molecular weight excluding hydrogens is 202 g/mol. The van der Waals surface area contributed by atoms with Crippen LogP contribution in [0.1, 0.15) is 30.5 Å². The molecule has 0 aromatic carbocycles. The van der Waals surface area contributed by atoms with Crippen molar-refractivity contribution in [3.63, 3.8) is 0 Å². The van der Waals surface area contributed by atoms with Crippen molar-refractivity contribution in [2.75, 3.05) is 13.6 Å². The van der Waals surface area contributed by atoms with E-state index >= 15 is 0 Å². The second-order valence-corrected chi connectivity index (χ2v) is 5.26. The SMILES string of the molecule is CCc1ccc(C=C(CNC)C(C)C)s1. The zero-order chi connectivity index (χ0) is 11.3. The van der Waals surface area contributed by atoms with E-state index in [0.29, 0.717) is 5.92 Å². The van der Waals surface area contributed by atoms with Crippen LogP contribution in [-0.2, 0) is 6.42 Å². The zero-order valence-electron chi connectivity index (χ0n) is 10.1. The van der Waals surface area contributed by atoms with Gasteiger partial charge in [-0.15, -0.1) is 11.3 Å². The van der Waals surface area contributed by atoms with Crippen molar-refractivity contribution in [1.82, 2.24) is 5.32 Å². The third-order valence-electron chi connectivity index (χ3n) is 2.48. The van der Waals surface area contributed by atoms with Crippen LogP contribution >= 0.6 is 11.3 Å². The molecule has 0 saturated carbocycles. The van der Waals surface area contributed by atoms with Crippen molar-refractivity contribution < 1.29 is 0 Å². The quantitative estimate of drug-likeness (QED) is 0.804. The smallest absolute Gasteiger partial charge is 0.0273 e. The average Bonchev–Trinajstić information content (AvgIpc) is 2.65. The molecule has 0 radical (unpaired) electrons. The summed E-state index contributed by atoms with van der Waals surface area (Å²) in [5.41, 5.74) is 1.47. The maximum absolute atomic E-state index is 3.23. The van der Waals surface area contributed by atoms with Crippen LogP contribution < -0.4 is 5.32 Å². The molecule has 1 N–H and O–H groups in total. The van der Waals surface area contributed by atoms with Crippen molar-refractivity contribution in [3.8, 4) is 0 Å². The fourth-order valence-corrected chi connectivity index (χ4v) is 2.40. The largest absolute Gasteiger partial charge is 0.316 e. The van der Waals surface area contributed by atoms with E-state index in [1.807, 2.05) is 18.4 Å².